The molecule has 3 nitrogen and oxygen atoms in total. The lowest BCUT2D eigenvalue weighted by Crippen LogP contribution is -2.01. The molecule has 21 heavy (non-hydrogen) atoms. The highest BCUT2D eigenvalue weighted by Crippen LogP contribution is 2.15. The van der Waals surface area contributed by atoms with Crippen molar-refractivity contribution in [1.29, 1.82) is 0 Å². The van der Waals surface area contributed by atoms with Gasteiger partial charge in [-0.2, -0.15) is 0 Å². The monoisotopic (exact) mass is 297 g/mol. The van der Waals surface area contributed by atoms with Gasteiger partial charge in [-0.1, -0.05) is 35.9 Å². The number of nitrogens with one attached hydrogen (secondary N) is 1. The first-order valence-electron chi connectivity index (χ1n) is 6.82. The van der Waals surface area contributed by atoms with Crippen molar-refractivity contribution in [2.75, 3.05) is 5.32 Å². The Hall–Kier alpha value is -2.26. The zero-order chi connectivity index (χ0) is 14.5. The fourth-order valence-electron chi connectivity index (χ4n) is 2.22. The van der Waals surface area contributed by atoms with Gasteiger partial charge in [-0.15, -0.1) is 0 Å². The second-order valence-electron chi connectivity index (χ2n) is 4.92. The highest BCUT2D eigenvalue weighted by molar-refractivity contribution is 6.30. The van der Waals surface area contributed by atoms with Crippen LogP contribution in [-0.2, 0) is 13.1 Å². The summed E-state index contributed by atoms with van der Waals surface area (Å²) in [5.41, 5.74) is 3.51. The molecule has 0 radical (unpaired) electrons. The van der Waals surface area contributed by atoms with Crippen molar-refractivity contribution in [2.45, 2.75) is 13.1 Å². The lowest BCUT2D eigenvalue weighted by molar-refractivity contribution is 0.797. The molecule has 0 bridgehead atoms. The van der Waals surface area contributed by atoms with E-state index in [0.717, 1.165) is 23.8 Å². The van der Waals surface area contributed by atoms with Crippen molar-refractivity contribution < 1.29 is 0 Å². The Labute approximate surface area is 129 Å². The smallest absolute Gasteiger partial charge is 0.0949 e. The lowest BCUT2D eigenvalue weighted by atomic mass is 10.2. The average molecular weight is 298 g/mol. The molecule has 0 atom stereocenters. The number of imidazole rings is 1. The molecule has 0 fully saturated rings. The molecule has 0 aliphatic carbocycles. The number of aromatic nitrogens is 2. The molecule has 0 saturated heterocycles. The summed E-state index contributed by atoms with van der Waals surface area (Å²) in [5.74, 6) is 0. The summed E-state index contributed by atoms with van der Waals surface area (Å²) in [4.78, 5) is 4.06. The highest BCUT2D eigenvalue weighted by Gasteiger charge is 1.99. The van der Waals surface area contributed by atoms with Crippen LogP contribution in [0.5, 0.6) is 0 Å². The normalized spacial score (nSPS) is 10.5. The topological polar surface area (TPSA) is 29.9 Å². The fourth-order valence-corrected chi connectivity index (χ4v) is 2.43. The molecule has 0 aliphatic heterocycles. The maximum absolute atomic E-state index is 5.99. The van der Waals surface area contributed by atoms with E-state index in [1.54, 1.807) is 6.20 Å². The van der Waals surface area contributed by atoms with E-state index in [1.807, 2.05) is 30.7 Å². The van der Waals surface area contributed by atoms with Crippen LogP contribution in [0.1, 0.15) is 11.1 Å². The number of hydrogen-bond donors (Lipinski definition) is 1. The number of hydrogen-bond acceptors (Lipinski definition) is 2. The Balaban J connectivity index is 1.66. The first-order chi connectivity index (χ1) is 10.3. The minimum absolute atomic E-state index is 0.759. The SMILES string of the molecule is Clc1cccc(CNc2cccc(Cn3ccnc3)c2)c1. The van der Waals surface area contributed by atoms with Gasteiger partial charge in [0.1, 0.15) is 0 Å². The van der Waals surface area contributed by atoms with Crippen LogP contribution in [0.3, 0.4) is 0 Å². The third-order valence-corrected chi connectivity index (χ3v) is 3.47. The predicted octanol–water partition coefficient (Wildman–Crippen LogP) is 4.20. The van der Waals surface area contributed by atoms with Gasteiger partial charge in [0.05, 0.1) is 6.33 Å². The third kappa shape index (κ3) is 3.86. The molecule has 0 spiro atoms. The number of benzene rings is 2. The van der Waals surface area contributed by atoms with Gasteiger partial charge in [0.2, 0.25) is 0 Å². The number of halogens is 1. The van der Waals surface area contributed by atoms with E-state index < -0.39 is 0 Å². The molecule has 0 amide bonds. The summed E-state index contributed by atoms with van der Waals surface area (Å²) in [6.45, 7) is 1.59. The van der Waals surface area contributed by atoms with Crippen LogP contribution in [0.25, 0.3) is 0 Å². The molecular weight excluding hydrogens is 282 g/mol. The summed E-state index contributed by atoms with van der Waals surface area (Å²) >= 11 is 5.99. The summed E-state index contributed by atoms with van der Waals surface area (Å²) in [6, 6.07) is 16.3. The van der Waals surface area contributed by atoms with Crippen LogP contribution >= 0.6 is 11.6 Å². The fraction of sp³-hybridized carbons (Fsp3) is 0.118. The van der Waals surface area contributed by atoms with E-state index in [4.69, 9.17) is 11.6 Å². The van der Waals surface area contributed by atoms with E-state index in [9.17, 15) is 0 Å². The molecule has 106 valence electrons. The Kier molecular flexibility index (Phi) is 4.22. The molecule has 4 heteroatoms. The quantitative estimate of drug-likeness (QED) is 0.765. The number of rotatable bonds is 5. The number of nitrogens with zero attached hydrogens (tertiary/aromatic N) is 2. The van der Waals surface area contributed by atoms with Crippen LogP contribution in [0.15, 0.2) is 67.3 Å². The van der Waals surface area contributed by atoms with Crippen molar-refractivity contribution in [3.63, 3.8) is 0 Å². The van der Waals surface area contributed by atoms with Crippen LogP contribution in [0.2, 0.25) is 5.02 Å². The highest BCUT2D eigenvalue weighted by atomic mass is 35.5. The van der Waals surface area contributed by atoms with Crippen LogP contribution in [0.4, 0.5) is 5.69 Å². The Bertz CT molecular complexity index is 708. The molecule has 0 unspecified atom stereocenters. The Morgan fingerprint density at radius 1 is 1.05 bits per heavy atom. The van der Waals surface area contributed by atoms with Gasteiger partial charge in [0.25, 0.3) is 0 Å². The standard InChI is InChI=1S/C17H16ClN3/c18-16-5-1-3-14(9-16)11-20-17-6-2-4-15(10-17)12-21-8-7-19-13-21/h1-10,13,20H,11-12H2. The van der Waals surface area contributed by atoms with Gasteiger partial charge >= 0.3 is 0 Å². The van der Waals surface area contributed by atoms with Gasteiger partial charge in [-0.05, 0) is 35.4 Å². The summed E-state index contributed by atoms with van der Waals surface area (Å²) < 4.78 is 2.05. The van der Waals surface area contributed by atoms with E-state index in [-0.39, 0.29) is 0 Å². The molecule has 0 saturated carbocycles. The summed E-state index contributed by atoms with van der Waals surface area (Å²) in [6.07, 6.45) is 5.58. The van der Waals surface area contributed by atoms with Crippen LogP contribution in [0, 0.1) is 0 Å². The van der Waals surface area contributed by atoms with Crippen molar-refractivity contribution >= 4 is 17.3 Å². The summed E-state index contributed by atoms with van der Waals surface area (Å²) in [7, 11) is 0. The molecule has 3 aromatic rings. The minimum Gasteiger partial charge on any atom is -0.381 e. The molecule has 1 N–H and O–H groups in total. The first kappa shape index (κ1) is 13.7. The van der Waals surface area contributed by atoms with Gasteiger partial charge < -0.3 is 9.88 Å². The summed E-state index contributed by atoms with van der Waals surface area (Å²) in [5, 5.41) is 4.19. The molecule has 0 aliphatic rings. The van der Waals surface area contributed by atoms with Crippen molar-refractivity contribution in [3.8, 4) is 0 Å². The van der Waals surface area contributed by atoms with Gasteiger partial charge in [0.15, 0.2) is 0 Å². The Morgan fingerprint density at radius 3 is 2.71 bits per heavy atom. The predicted molar refractivity (Wildman–Crippen MR) is 86.5 cm³/mol. The molecular formula is C17H16ClN3. The largest absolute Gasteiger partial charge is 0.381 e. The lowest BCUT2D eigenvalue weighted by Gasteiger charge is -2.09. The van der Waals surface area contributed by atoms with Crippen molar-refractivity contribution in [2.24, 2.45) is 0 Å². The molecule has 1 aromatic heterocycles. The molecule has 2 aromatic carbocycles. The van der Waals surface area contributed by atoms with Crippen molar-refractivity contribution in [3.05, 3.63) is 83.4 Å². The van der Waals surface area contributed by atoms with Crippen LogP contribution < -0.4 is 5.32 Å². The second kappa shape index (κ2) is 6.46. The molecule has 3 rings (SSSR count). The Morgan fingerprint density at radius 2 is 1.90 bits per heavy atom. The van der Waals surface area contributed by atoms with E-state index in [1.165, 1.54) is 11.1 Å². The van der Waals surface area contributed by atoms with Gasteiger partial charge in [-0.25, -0.2) is 4.98 Å². The second-order valence-corrected chi connectivity index (χ2v) is 5.36. The minimum atomic E-state index is 0.759. The maximum atomic E-state index is 5.99. The van der Waals surface area contributed by atoms with Crippen LogP contribution in [-0.4, -0.2) is 9.55 Å². The molecule has 1 heterocycles. The van der Waals surface area contributed by atoms with E-state index in [2.05, 4.69) is 45.2 Å². The van der Waals surface area contributed by atoms with E-state index >= 15 is 0 Å². The first-order valence-corrected chi connectivity index (χ1v) is 7.20. The van der Waals surface area contributed by atoms with Crippen molar-refractivity contribution in [1.82, 2.24) is 9.55 Å². The van der Waals surface area contributed by atoms with Gasteiger partial charge in [-0.3, -0.25) is 0 Å². The average Bonchev–Trinajstić information content (AvgIpc) is 2.99. The van der Waals surface area contributed by atoms with E-state index in [0.29, 0.717) is 0 Å². The maximum Gasteiger partial charge on any atom is 0.0949 e. The zero-order valence-corrected chi connectivity index (χ0v) is 12.3. The number of anilines is 1. The third-order valence-electron chi connectivity index (χ3n) is 3.24. The zero-order valence-electron chi connectivity index (χ0n) is 11.5. The van der Waals surface area contributed by atoms with Gasteiger partial charge in [0, 0.05) is 36.2 Å².